The summed E-state index contributed by atoms with van der Waals surface area (Å²) in [7, 11) is 2.26. The normalized spacial score (nSPS) is 23.1. The van der Waals surface area contributed by atoms with Crippen LogP contribution in [0.15, 0.2) is 30.3 Å². The molecule has 31 heavy (non-hydrogen) atoms. The van der Waals surface area contributed by atoms with E-state index in [1.165, 1.54) is 0 Å². The first-order valence-electron chi connectivity index (χ1n) is 9.82. The fraction of sp³-hybridized carbons (Fsp3) is 0.524. The lowest BCUT2D eigenvalue weighted by Gasteiger charge is -2.35. The molecule has 1 aromatic carbocycles. The van der Waals surface area contributed by atoms with Gasteiger partial charge in [-0.3, -0.25) is 14.4 Å². The van der Waals surface area contributed by atoms with Crippen LogP contribution in [0.4, 0.5) is 0 Å². The molecule has 0 aliphatic carbocycles. The summed E-state index contributed by atoms with van der Waals surface area (Å²) in [6.07, 6.45) is -2.13. The molecule has 0 bridgehead atoms. The van der Waals surface area contributed by atoms with E-state index in [9.17, 15) is 19.2 Å². The van der Waals surface area contributed by atoms with E-state index in [-0.39, 0.29) is 19.8 Å². The van der Waals surface area contributed by atoms with Crippen LogP contribution in [0.2, 0.25) is 0 Å². The van der Waals surface area contributed by atoms with Crippen LogP contribution in [0.1, 0.15) is 25.8 Å². The van der Waals surface area contributed by atoms with Gasteiger partial charge in [0.15, 0.2) is 11.6 Å². The number of carbonyl (C=O) groups is 4. The number of hydroxylamine groups is 2. The minimum absolute atomic E-state index is 0.0148. The molecule has 2 rings (SSSR count). The van der Waals surface area contributed by atoms with Gasteiger partial charge in [0.25, 0.3) is 0 Å². The Hall–Kier alpha value is -2.98. The highest BCUT2D eigenvalue weighted by Gasteiger charge is 2.68. The summed E-state index contributed by atoms with van der Waals surface area (Å²) in [6, 6.07) is 8.88. The van der Waals surface area contributed by atoms with Gasteiger partial charge in [0.1, 0.15) is 5.92 Å². The average Bonchev–Trinajstić information content (AvgIpc) is 3.08. The molecule has 0 spiro atoms. The van der Waals surface area contributed by atoms with Gasteiger partial charge in [-0.1, -0.05) is 30.3 Å². The Morgan fingerprint density at radius 1 is 0.968 bits per heavy atom. The summed E-state index contributed by atoms with van der Waals surface area (Å²) in [5.41, 5.74) is -1.31. The largest absolute Gasteiger partial charge is 0.469 e. The second-order valence-corrected chi connectivity index (χ2v) is 6.70. The van der Waals surface area contributed by atoms with Crippen molar-refractivity contribution in [1.29, 1.82) is 0 Å². The zero-order valence-corrected chi connectivity index (χ0v) is 18.0. The van der Waals surface area contributed by atoms with Gasteiger partial charge in [0.05, 0.1) is 40.4 Å². The number of ether oxygens (including phenoxy) is 4. The van der Waals surface area contributed by atoms with Crippen molar-refractivity contribution in [3.8, 4) is 0 Å². The number of nitrogens with zero attached hydrogens (tertiary/aromatic N) is 1. The smallest absolute Gasteiger partial charge is 0.338 e. The molecule has 0 saturated carbocycles. The van der Waals surface area contributed by atoms with Gasteiger partial charge >= 0.3 is 23.9 Å². The van der Waals surface area contributed by atoms with E-state index in [4.69, 9.17) is 23.8 Å². The molecule has 0 N–H and O–H groups in total. The second kappa shape index (κ2) is 10.9. The Morgan fingerprint density at radius 3 is 2.13 bits per heavy atom. The third-order valence-corrected chi connectivity index (χ3v) is 4.91. The molecule has 1 fully saturated rings. The second-order valence-electron chi connectivity index (χ2n) is 6.70. The topological polar surface area (TPSA) is 118 Å². The van der Waals surface area contributed by atoms with Crippen LogP contribution < -0.4 is 0 Å². The van der Waals surface area contributed by atoms with Crippen molar-refractivity contribution in [2.45, 2.75) is 38.5 Å². The molecule has 1 saturated heterocycles. The van der Waals surface area contributed by atoms with E-state index >= 15 is 0 Å². The standard InChI is InChI=1S/C21H27NO9/c1-5-29-18(24)16-17(19(25)30-6-2)31-22(13-14-10-8-7-9-11-14)21(16,20(26)28-4)12-15(23)27-3/h7-11,16-17H,5-6,12-13H2,1-4H3/t16-,17-,21-/m1/s1. The van der Waals surface area contributed by atoms with Crippen LogP contribution in [0, 0.1) is 5.92 Å². The third-order valence-electron chi connectivity index (χ3n) is 4.91. The van der Waals surface area contributed by atoms with E-state index in [1.807, 2.05) is 0 Å². The number of methoxy groups -OCH3 is 2. The summed E-state index contributed by atoms with van der Waals surface area (Å²) >= 11 is 0. The first-order valence-corrected chi connectivity index (χ1v) is 9.82. The van der Waals surface area contributed by atoms with E-state index in [1.54, 1.807) is 44.2 Å². The molecule has 170 valence electrons. The highest BCUT2D eigenvalue weighted by Crippen LogP contribution is 2.43. The SMILES string of the molecule is CCOC(=O)[C@@H]1ON(Cc2ccccc2)[C@@](CC(=O)OC)(C(=O)OC)[C@H]1C(=O)OCC. The fourth-order valence-corrected chi connectivity index (χ4v) is 3.55. The number of hydrogen-bond acceptors (Lipinski definition) is 10. The predicted octanol–water partition coefficient (Wildman–Crippen LogP) is 1.02. The summed E-state index contributed by atoms with van der Waals surface area (Å²) in [5.74, 6) is -5.04. The maximum atomic E-state index is 13.1. The molecule has 3 atom stereocenters. The molecule has 1 aliphatic rings. The molecule has 0 unspecified atom stereocenters. The van der Waals surface area contributed by atoms with E-state index in [0.717, 1.165) is 19.3 Å². The van der Waals surface area contributed by atoms with Gasteiger partial charge in [-0.05, 0) is 19.4 Å². The van der Waals surface area contributed by atoms with Crippen LogP contribution in [0.25, 0.3) is 0 Å². The molecule has 0 aromatic heterocycles. The van der Waals surface area contributed by atoms with Gasteiger partial charge in [-0.15, -0.1) is 0 Å². The lowest BCUT2D eigenvalue weighted by Crippen LogP contribution is -2.59. The Balaban J connectivity index is 2.66. The zero-order chi connectivity index (χ0) is 23.0. The highest BCUT2D eigenvalue weighted by atomic mass is 16.7. The molecule has 10 nitrogen and oxygen atoms in total. The van der Waals surface area contributed by atoms with Gasteiger partial charge in [-0.25, -0.2) is 9.59 Å². The minimum atomic E-state index is -2.01. The van der Waals surface area contributed by atoms with Crippen molar-refractivity contribution < 1.29 is 43.0 Å². The Kier molecular flexibility index (Phi) is 8.52. The first-order chi connectivity index (χ1) is 14.8. The van der Waals surface area contributed by atoms with Crippen LogP contribution >= 0.6 is 0 Å². The number of rotatable bonds is 9. The monoisotopic (exact) mass is 437 g/mol. The fourth-order valence-electron chi connectivity index (χ4n) is 3.55. The average molecular weight is 437 g/mol. The predicted molar refractivity (Wildman–Crippen MR) is 105 cm³/mol. The molecule has 0 amide bonds. The Bertz CT molecular complexity index is 797. The number of benzene rings is 1. The van der Waals surface area contributed by atoms with E-state index in [0.29, 0.717) is 5.56 Å². The van der Waals surface area contributed by atoms with Crippen molar-refractivity contribution >= 4 is 23.9 Å². The van der Waals surface area contributed by atoms with Crippen molar-refractivity contribution in [3.63, 3.8) is 0 Å². The third kappa shape index (κ3) is 5.02. The maximum Gasteiger partial charge on any atom is 0.338 e. The minimum Gasteiger partial charge on any atom is -0.469 e. The highest BCUT2D eigenvalue weighted by molar-refractivity contribution is 5.96. The molecule has 1 aromatic rings. The molecule has 0 radical (unpaired) electrons. The molecule has 10 heteroatoms. The lowest BCUT2D eigenvalue weighted by molar-refractivity contribution is -0.217. The Labute approximate surface area is 180 Å². The van der Waals surface area contributed by atoms with Crippen LogP contribution in [0.5, 0.6) is 0 Å². The summed E-state index contributed by atoms with van der Waals surface area (Å²) in [5, 5.41) is 1.12. The van der Waals surface area contributed by atoms with Crippen molar-refractivity contribution in [2.75, 3.05) is 27.4 Å². The van der Waals surface area contributed by atoms with Gasteiger partial charge in [-0.2, -0.15) is 5.06 Å². The molecule has 1 heterocycles. The van der Waals surface area contributed by atoms with Crippen LogP contribution in [0.3, 0.4) is 0 Å². The summed E-state index contributed by atoms with van der Waals surface area (Å²) in [4.78, 5) is 56.9. The first kappa shape index (κ1) is 24.3. The number of carbonyl (C=O) groups excluding carboxylic acids is 4. The zero-order valence-electron chi connectivity index (χ0n) is 18.0. The van der Waals surface area contributed by atoms with E-state index < -0.39 is 47.9 Å². The van der Waals surface area contributed by atoms with Crippen molar-refractivity contribution in [3.05, 3.63) is 35.9 Å². The van der Waals surface area contributed by atoms with Crippen LogP contribution in [-0.2, 0) is 49.5 Å². The molecule has 1 aliphatic heterocycles. The summed E-state index contributed by atoms with van der Waals surface area (Å²) < 4.78 is 19.9. The van der Waals surface area contributed by atoms with Crippen LogP contribution in [-0.4, -0.2) is 68.0 Å². The Morgan fingerprint density at radius 2 is 1.58 bits per heavy atom. The van der Waals surface area contributed by atoms with Gasteiger partial charge in [0, 0.05) is 0 Å². The molecular weight excluding hydrogens is 410 g/mol. The maximum absolute atomic E-state index is 13.1. The van der Waals surface area contributed by atoms with Gasteiger partial charge < -0.3 is 18.9 Å². The number of esters is 4. The molecular formula is C21H27NO9. The number of hydrogen-bond donors (Lipinski definition) is 0. The van der Waals surface area contributed by atoms with E-state index in [2.05, 4.69) is 0 Å². The summed E-state index contributed by atoms with van der Waals surface area (Å²) in [6.45, 7) is 3.15. The van der Waals surface area contributed by atoms with Crippen molar-refractivity contribution in [2.24, 2.45) is 5.92 Å². The quantitative estimate of drug-likeness (QED) is 0.409. The lowest BCUT2D eigenvalue weighted by atomic mass is 9.78. The van der Waals surface area contributed by atoms with Gasteiger partial charge in [0.2, 0.25) is 0 Å². The van der Waals surface area contributed by atoms with Crippen molar-refractivity contribution in [1.82, 2.24) is 5.06 Å².